The summed E-state index contributed by atoms with van der Waals surface area (Å²) in [5.41, 5.74) is 0. The largest absolute Gasteiger partial charge is 0.366 e. The molecule has 1 nitrogen and oxygen atoms in total. The molecular weight excluding hydrogens is 86.1 g/mol. The van der Waals surface area contributed by atoms with Crippen molar-refractivity contribution in [1.82, 2.24) is 4.90 Å². The highest BCUT2D eigenvalue weighted by atomic mass is 15.1. The van der Waals surface area contributed by atoms with Gasteiger partial charge >= 0.3 is 0 Å². The van der Waals surface area contributed by atoms with Crippen LogP contribution < -0.4 is 0 Å². The quantitative estimate of drug-likeness (QED) is 0.432. The number of nitrogens with zero attached hydrogens (tertiary/aromatic N) is 1. The molecule has 0 saturated heterocycles. The van der Waals surface area contributed by atoms with E-state index < -0.39 is 0 Å². The predicted molar refractivity (Wildman–Crippen MR) is 29.3 cm³/mol. The van der Waals surface area contributed by atoms with Crippen LogP contribution in [0, 0.1) is 7.05 Å². The lowest BCUT2D eigenvalue weighted by Gasteiger charge is -2.10. The maximum atomic E-state index is 5.33. The zero-order valence-electron chi connectivity index (χ0n) is 4.04. The highest BCUT2D eigenvalue weighted by Crippen LogP contribution is 1.93. The molecule has 0 spiro atoms. The van der Waals surface area contributed by atoms with Crippen molar-refractivity contribution in [2.75, 3.05) is 6.54 Å². The summed E-state index contributed by atoms with van der Waals surface area (Å²) in [6, 6.07) is 0. The van der Waals surface area contributed by atoms with Gasteiger partial charge in [-0.15, -0.1) is 0 Å². The Balaban J connectivity index is 2.49. The standard InChI is InChI=1S/C6H7N/c1-7-5-3-2-4-6-7/h1-5H,6H2. The first kappa shape index (κ1) is 4.44. The van der Waals surface area contributed by atoms with E-state index in [-0.39, 0.29) is 0 Å². The van der Waals surface area contributed by atoms with Gasteiger partial charge in [-0.2, -0.15) is 0 Å². The maximum absolute atomic E-state index is 5.33. The smallest absolute Gasteiger partial charge is 0.0736 e. The van der Waals surface area contributed by atoms with Crippen LogP contribution in [-0.2, 0) is 0 Å². The molecule has 0 fully saturated rings. The normalized spacial score (nSPS) is 18.1. The van der Waals surface area contributed by atoms with Crippen LogP contribution >= 0.6 is 0 Å². The molecule has 1 heterocycles. The van der Waals surface area contributed by atoms with Crippen molar-refractivity contribution in [3.8, 4) is 0 Å². The zero-order valence-corrected chi connectivity index (χ0v) is 4.04. The highest BCUT2D eigenvalue weighted by molar-refractivity contribution is 5.08. The molecule has 1 rings (SSSR count). The van der Waals surface area contributed by atoms with Gasteiger partial charge in [-0.1, -0.05) is 12.2 Å². The lowest BCUT2D eigenvalue weighted by atomic mass is 10.4. The maximum Gasteiger partial charge on any atom is 0.0736 e. The van der Waals surface area contributed by atoms with Crippen molar-refractivity contribution in [2.24, 2.45) is 0 Å². The Morgan fingerprint density at radius 2 is 2.29 bits per heavy atom. The summed E-state index contributed by atoms with van der Waals surface area (Å²) in [4.78, 5) is 1.62. The fourth-order valence-electron chi connectivity index (χ4n) is 0.482. The molecular formula is C6H7N. The molecule has 36 valence electrons. The minimum atomic E-state index is 0.830. The fourth-order valence-corrected chi connectivity index (χ4v) is 0.482. The number of hydrogen-bond acceptors (Lipinski definition) is 1. The lowest BCUT2D eigenvalue weighted by molar-refractivity contribution is 0.554. The monoisotopic (exact) mass is 93.1 g/mol. The van der Waals surface area contributed by atoms with Gasteiger partial charge in [0.05, 0.1) is 7.05 Å². The second-order valence-electron chi connectivity index (χ2n) is 1.47. The average molecular weight is 93.1 g/mol. The molecule has 0 saturated carbocycles. The van der Waals surface area contributed by atoms with Crippen molar-refractivity contribution in [1.29, 1.82) is 0 Å². The Morgan fingerprint density at radius 3 is 2.57 bits per heavy atom. The average Bonchev–Trinajstić information content (AvgIpc) is 1.69. The molecule has 0 aliphatic carbocycles. The van der Waals surface area contributed by atoms with Gasteiger partial charge in [0.25, 0.3) is 0 Å². The molecule has 0 aromatic rings. The molecule has 1 aliphatic rings. The summed E-state index contributed by atoms with van der Waals surface area (Å²) in [6.45, 7) is 0.830. The number of hydrogen-bond donors (Lipinski definition) is 0. The summed E-state index contributed by atoms with van der Waals surface area (Å²) in [6.07, 6.45) is 7.72. The summed E-state index contributed by atoms with van der Waals surface area (Å²) in [7, 11) is 5.33. The van der Waals surface area contributed by atoms with Crippen LogP contribution in [0.15, 0.2) is 24.4 Å². The van der Waals surface area contributed by atoms with Crippen molar-refractivity contribution in [3.63, 3.8) is 0 Å². The van der Waals surface area contributed by atoms with E-state index >= 15 is 0 Å². The van der Waals surface area contributed by atoms with E-state index in [1.54, 1.807) is 4.90 Å². The molecule has 0 amide bonds. The van der Waals surface area contributed by atoms with E-state index in [1.165, 1.54) is 0 Å². The van der Waals surface area contributed by atoms with Crippen LogP contribution in [0.25, 0.3) is 0 Å². The summed E-state index contributed by atoms with van der Waals surface area (Å²) in [5, 5.41) is 0. The van der Waals surface area contributed by atoms with Crippen LogP contribution in [0.4, 0.5) is 0 Å². The molecule has 1 aliphatic heterocycles. The van der Waals surface area contributed by atoms with Gasteiger partial charge in [-0.3, -0.25) is 0 Å². The van der Waals surface area contributed by atoms with Gasteiger partial charge in [-0.25, -0.2) is 0 Å². The summed E-state index contributed by atoms with van der Waals surface area (Å²) in [5.74, 6) is 0. The van der Waals surface area contributed by atoms with Gasteiger partial charge in [-0.05, 0) is 12.3 Å². The first-order valence-corrected chi connectivity index (χ1v) is 2.24. The van der Waals surface area contributed by atoms with Crippen LogP contribution in [0.1, 0.15) is 0 Å². The fraction of sp³-hybridized carbons (Fsp3) is 0.167. The number of allylic oxidation sites excluding steroid dienone is 2. The van der Waals surface area contributed by atoms with Gasteiger partial charge in [0.1, 0.15) is 0 Å². The van der Waals surface area contributed by atoms with E-state index in [1.807, 2.05) is 24.4 Å². The number of rotatable bonds is 0. The van der Waals surface area contributed by atoms with Crippen LogP contribution in [0.3, 0.4) is 0 Å². The second kappa shape index (κ2) is 1.82. The molecule has 0 atom stereocenters. The third-order valence-corrected chi connectivity index (χ3v) is 0.841. The van der Waals surface area contributed by atoms with Crippen LogP contribution in [0.5, 0.6) is 0 Å². The molecule has 7 heavy (non-hydrogen) atoms. The Hall–Kier alpha value is -0.720. The highest BCUT2D eigenvalue weighted by Gasteiger charge is 1.86. The Labute approximate surface area is 43.9 Å². The minimum absolute atomic E-state index is 0.830. The van der Waals surface area contributed by atoms with Crippen molar-refractivity contribution in [3.05, 3.63) is 31.5 Å². The summed E-state index contributed by atoms with van der Waals surface area (Å²) >= 11 is 0. The molecule has 1 heteroatoms. The zero-order chi connectivity index (χ0) is 5.11. The third-order valence-electron chi connectivity index (χ3n) is 0.841. The summed E-state index contributed by atoms with van der Waals surface area (Å²) < 4.78 is 0. The van der Waals surface area contributed by atoms with Gasteiger partial charge in [0.2, 0.25) is 0 Å². The van der Waals surface area contributed by atoms with Gasteiger partial charge in [0.15, 0.2) is 0 Å². The minimum Gasteiger partial charge on any atom is -0.366 e. The van der Waals surface area contributed by atoms with Crippen LogP contribution in [0.2, 0.25) is 0 Å². The Kier molecular flexibility index (Phi) is 1.16. The Bertz CT molecular complexity index is 103. The van der Waals surface area contributed by atoms with Gasteiger partial charge in [0, 0.05) is 6.54 Å². The topological polar surface area (TPSA) is 3.24 Å². The second-order valence-corrected chi connectivity index (χ2v) is 1.47. The van der Waals surface area contributed by atoms with E-state index in [0.29, 0.717) is 0 Å². The van der Waals surface area contributed by atoms with E-state index in [2.05, 4.69) is 0 Å². The first-order chi connectivity index (χ1) is 3.39. The van der Waals surface area contributed by atoms with E-state index in [9.17, 15) is 0 Å². The third kappa shape index (κ3) is 1.07. The van der Waals surface area contributed by atoms with Gasteiger partial charge < -0.3 is 4.90 Å². The molecule has 0 unspecified atom stereocenters. The Morgan fingerprint density at radius 1 is 1.43 bits per heavy atom. The lowest BCUT2D eigenvalue weighted by Crippen LogP contribution is -2.08. The van der Waals surface area contributed by atoms with Crippen LogP contribution in [-0.4, -0.2) is 11.4 Å². The molecule has 0 bridgehead atoms. The van der Waals surface area contributed by atoms with Crippen molar-refractivity contribution < 1.29 is 0 Å². The van der Waals surface area contributed by atoms with Crippen molar-refractivity contribution >= 4 is 0 Å². The molecule has 0 N–H and O–H groups in total. The van der Waals surface area contributed by atoms with E-state index in [0.717, 1.165) is 6.54 Å². The van der Waals surface area contributed by atoms with Crippen molar-refractivity contribution in [2.45, 2.75) is 0 Å². The molecule has 2 radical (unpaired) electrons. The predicted octanol–water partition coefficient (Wildman–Crippen LogP) is 1.04. The van der Waals surface area contributed by atoms with E-state index in [4.69, 9.17) is 7.05 Å². The molecule has 0 aromatic heterocycles. The first-order valence-electron chi connectivity index (χ1n) is 2.24. The SMILES string of the molecule is [CH]N1C=CC=CC1. The molecule has 0 aromatic carbocycles.